The van der Waals surface area contributed by atoms with Crippen LogP contribution in [0.15, 0.2) is 97.2 Å². The summed E-state index contributed by atoms with van der Waals surface area (Å²) in [5, 5.41) is 0. The van der Waals surface area contributed by atoms with Crippen molar-refractivity contribution in [1.29, 1.82) is 0 Å². The van der Waals surface area contributed by atoms with Gasteiger partial charge in [-0.2, -0.15) is 0 Å². The van der Waals surface area contributed by atoms with Gasteiger partial charge in [0, 0.05) is 19.3 Å². The summed E-state index contributed by atoms with van der Waals surface area (Å²) >= 11 is 0. The lowest BCUT2D eigenvalue weighted by Crippen LogP contribution is -2.30. The Hall–Kier alpha value is -3.67. The molecule has 0 saturated carbocycles. The Morgan fingerprint density at radius 3 is 0.744 bits per heavy atom. The molecule has 82 heavy (non-hydrogen) atoms. The number of hydrogen-bond donors (Lipinski definition) is 0. The molecule has 0 amide bonds. The monoisotopic (exact) mass is 1140 g/mol. The van der Waals surface area contributed by atoms with E-state index in [4.69, 9.17) is 14.2 Å². The lowest BCUT2D eigenvalue weighted by Gasteiger charge is -2.18. The Morgan fingerprint density at radius 1 is 0.256 bits per heavy atom. The van der Waals surface area contributed by atoms with E-state index in [2.05, 4.69) is 118 Å². The molecule has 0 spiro atoms. The summed E-state index contributed by atoms with van der Waals surface area (Å²) in [6, 6.07) is 0. The molecule has 0 bridgehead atoms. The zero-order chi connectivity index (χ0) is 59.2. The third-order valence-electron chi connectivity index (χ3n) is 15.3. The smallest absolute Gasteiger partial charge is 0.306 e. The molecule has 1 atom stereocenters. The fraction of sp³-hybridized carbons (Fsp3) is 0.750. The Labute approximate surface area is 508 Å². The maximum atomic E-state index is 13.0. The summed E-state index contributed by atoms with van der Waals surface area (Å²) in [4.78, 5) is 38.5. The van der Waals surface area contributed by atoms with Crippen LogP contribution in [0.1, 0.15) is 348 Å². The van der Waals surface area contributed by atoms with Gasteiger partial charge in [0.15, 0.2) is 6.10 Å². The number of ether oxygens (including phenoxy) is 3. The van der Waals surface area contributed by atoms with Crippen molar-refractivity contribution in [3.63, 3.8) is 0 Å². The van der Waals surface area contributed by atoms with Crippen LogP contribution in [0.4, 0.5) is 0 Å². The van der Waals surface area contributed by atoms with E-state index in [0.29, 0.717) is 19.3 Å². The topological polar surface area (TPSA) is 78.9 Å². The number of allylic oxidation sites excluding steroid dienone is 16. The van der Waals surface area contributed by atoms with E-state index in [-0.39, 0.29) is 31.1 Å². The van der Waals surface area contributed by atoms with Crippen LogP contribution in [0.3, 0.4) is 0 Å². The average molecular weight is 1140 g/mol. The Morgan fingerprint density at radius 2 is 0.476 bits per heavy atom. The van der Waals surface area contributed by atoms with Gasteiger partial charge in [-0.25, -0.2) is 0 Å². The van der Waals surface area contributed by atoms with Crippen LogP contribution >= 0.6 is 0 Å². The maximum absolute atomic E-state index is 13.0. The van der Waals surface area contributed by atoms with E-state index in [0.717, 1.165) is 116 Å². The highest BCUT2D eigenvalue weighted by molar-refractivity contribution is 5.71. The minimum Gasteiger partial charge on any atom is -0.462 e. The number of rotatable bonds is 64. The molecule has 0 fully saturated rings. The summed E-state index contributed by atoms with van der Waals surface area (Å²) < 4.78 is 17.0. The minimum atomic E-state index is -0.786. The fourth-order valence-corrected chi connectivity index (χ4v) is 10.1. The van der Waals surface area contributed by atoms with E-state index in [1.54, 1.807) is 0 Å². The fourth-order valence-electron chi connectivity index (χ4n) is 10.1. The van der Waals surface area contributed by atoms with Gasteiger partial charge >= 0.3 is 17.9 Å². The van der Waals surface area contributed by atoms with Crippen LogP contribution in [-0.2, 0) is 28.6 Å². The first kappa shape index (κ1) is 78.3. The van der Waals surface area contributed by atoms with Gasteiger partial charge in [0.05, 0.1) is 0 Å². The number of esters is 3. The van der Waals surface area contributed by atoms with Crippen LogP contribution in [0.5, 0.6) is 0 Å². The molecule has 0 aliphatic carbocycles. The van der Waals surface area contributed by atoms with Crippen molar-refractivity contribution in [2.45, 2.75) is 354 Å². The first-order valence-electron chi connectivity index (χ1n) is 35.2. The molecule has 0 aromatic heterocycles. The van der Waals surface area contributed by atoms with Crippen molar-refractivity contribution in [3.8, 4) is 0 Å². The highest BCUT2D eigenvalue weighted by Crippen LogP contribution is 2.17. The molecule has 1 unspecified atom stereocenters. The average Bonchev–Trinajstić information content (AvgIpc) is 3.47. The summed E-state index contributed by atoms with van der Waals surface area (Å²) in [5.74, 6) is -0.875. The van der Waals surface area contributed by atoms with Crippen molar-refractivity contribution in [2.24, 2.45) is 0 Å². The molecule has 6 heteroatoms. The van der Waals surface area contributed by atoms with Crippen molar-refractivity contribution in [3.05, 3.63) is 97.2 Å². The third kappa shape index (κ3) is 67.1. The first-order valence-corrected chi connectivity index (χ1v) is 35.2. The van der Waals surface area contributed by atoms with Crippen LogP contribution in [0, 0.1) is 0 Å². The second-order valence-corrected chi connectivity index (χ2v) is 23.4. The number of carbonyl (C=O) groups excluding carboxylic acids is 3. The molecule has 0 aromatic carbocycles. The molecule has 472 valence electrons. The van der Waals surface area contributed by atoms with Crippen LogP contribution in [0.2, 0.25) is 0 Å². The lowest BCUT2D eigenvalue weighted by molar-refractivity contribution is -0.167. The van der Waals surface area contributed by atoms with Crippen LogP contribution < -0.4 is 0 Å². The Kier molecular flexibility index (Phi) is 66.7. The predicted molar refractivity (Wildman–Crippen MR) is 357 cm³/mol. The molecule has 0 aliphatic heterocycles. The predicted octanol–water partition coefficient (Wildman–Crippen LogP) is 24.4. The largest absolute Gasteiger partial charge is 0.462 e. The van der Waals surface area contributed by atoms with Gasteiger partial charge in [-0.05, 0) is 103 Å². The number of carbonyl (C=O) groups is 3. The zero-order valence-corrected chi connectivity index (χ0v) is 54.2. The molecule has 0 heterocycles. The SMILES string of the molecule is CC/C=C\C/C=C\C/C=C\C/C=C\C/C=C\CCCCCCCCCCCC(=O)OCC(COC(=O)CCCCCCCCCCCCCCCCCC)OC(=O)CCCCCCCCCC/C=C\C/C=C\C/C=C\CCCCCCC. The maximum Gasteiger partial charge on any atom is 0.306 e. The van der Waals surface area contributed by atoms with Crippen molar-refractivity contribution in [1.82, 2.24) is 0 Å². The van der Waals surface area contributed by atoms with E-state index >= 15 is 0 Å². The third-order valence-corrected chi connectivity index (χ3v) is 15.3. The van der Waals surface area contributed by atoms with Gasteiger partial charge in [-0.1, -0.05) is 323 Å². The van der Waals surface area contributed by atoms with Gasteiger partial charge in [0.2, 0.25) is 0 Å². The minimum absolute atomic E-state index is 0.0792. The van der Waals surface area contributed by atoms with Gasteiger partial charge in [0.25, 0.3) is 0 Å². The normalized spacial score (nSPS) is 12.7. The van der Waals surface area contributed by atoms with E-state index < -0.39 is 6.10 Å². The standard InChI is InChI=1S/C76H132O6/c1-4-7-10-13-16-19-22-25-28-31-33-35-37-38-40-41-43-45-48-51-54-57-60-63-66-69-75(78)81-72-73(71-80-74(77)68-65-62-59-56-53-50-47-30-27-24-21-18-15-12-9-6-3)82-76(79)70-67-64-61-58-55-52-49-46-44-42-39-36-34-32-29-26-23-20-17-14-11-8-5-2/h7,10,16,19,23,25-26,28,32-35,38-40,42,73H,4-6,8-9,11-15,17-18,20-22,24,27,29-31,36-37,41,43-72H2,1-3H3/b10-7-,19-16-,26-23-,28-25-,34-32-,35-33-,40-38-,42-39-. The second kappa shape index (κ2) is 69.8. The molecule has 0 saturated heterocycles. The molecule has 0 N–H and O–H groups in total. The lowest BCUT2D eigenvalue weighted by atomic mass is 10.0. The van der Waals surface area contributed by atoms with Crippen LogP contribution in [0.25, 0.3) is 0 Å². The molecular formula is C76H132O6. The van der Waals surface area contributed by atoms with Gasteiger partial charge in [-0.15, -0.1) is 0 Å². The zero-order valence-electron chi connectivity index (χ0n) is 54.2. The first-order chi connectivity index (χ1) is 40.5. The molecule has 0 aliphatic rings. The molecule has 0 aromatic rings. The van der Waals surface area contributed by atoms with Gasteiger partial charge in [-0.3, -0.25) is 14.4 Å². The van der Waals surface area contributed by atoms with Crippen molar-refractivity contribution in [2.75, 3.05) is 13.2 Å². The molecule has 6 nitrogen and oxygen atoms in total. The molecule has 0 radical (unpaired) electrons. The van der Waals surface area contributed by atoms with Gasteiger partial charge in [0.1, 0.15) is 13.2 Å². The summed E-state index contributed by atoms with van der Waals surface area (Å²) in [6.07, 6.45) is 94.2. The summed E-state index contributed by atoms with van der Waals surface area (Å²) in [5.41, 5.74) is 0. The number of unbranched alkanes of at least 4 members (excludes halogenated alkanes) is 37. The van der Waals surface area contributed by atoms with Crippen molar-refractivity contribution < 1.29 is 28.6 Å². The quantitative estimate of drug-likeness (QED) is 0.0261. The summed E-state index contributed by atoms with van der Waals surface area (Å²) in [6.45, 7) is 6.55. The van der Waals surface area contributed by atoms with E-state index in [1.165, 1.54) is 193 Å². The number of hydrogen-bond acceptors (Lipinski definition) is 6. The molecule has 0 rings (SSSR count). The highest BCUT2D eigenvalue weighted by atomic mass is 16.6. The Balaban J connectivity index is 4.37. The molecular weight excluding hydrogens is 1010 g/mol. The van der Waals surface area contributed by atoms with Gasteiger partial charge < -0.3 is 14.2 Å². The van der Waals surface area contributed by atoms with Crippen molar-refractivity contribution >= 4 is 17.9 Å². The van der Waals surface area contributed by atoms with Crippen LogP contribution in [-0.4, -0.2) is 37.2 Å². The second-order valence-electron chi connectivity index (χ2n) is 23.4. The van der Waals surface area contributed by atoms with E-state index in [9.17, 15) is 14.4 Å². The van der Waals surface area contributed by atoms with E-state index in [1.807, 2.05) is 0 Å². The Bertz CT molecular complexity index is 1590. The summed E-state index contributed by atoms with van der Waals surface area (Å²) in [7, 11) is 0. The highest BCUT2D eigenvalue weighted by Gasteiger charge is 2.19.